The zero-order valence-electron chi connectivity index (χ0n) is 22.5. The van der Waals surface area contributed by atoms with Crippen molar-refractivity contribution in [2.75, 3.05) is 0 Å². The summed E-state index contributed by atoms with van der Waals surface area (Å²) in [6, 6.07) is 6.84. The molecule has 39 heavy (non-hydrogen) atoms. The normalized spacial score (nSPS) is 41.6. The number of phenols is 1. The molecule has 3 aliphatic carbocycles. The van der Waals surface area contributed by atoms with Crippen LogP contribution in [0.1, 0.15) is 56.5 Å². The largest absolute Gasteiger partial charge is 0.507 e. The van der Waals surface area contributed by atoms with Crippen molar-refractivity contribution in [3.63, 3.8) is 0 Å². The van der Waals surface area contributed by atoms with Crippen molar-refractivity contribution in [2.45, 2.75) is 64.4 Å². The van der Waals surface area contributed by atoms with Crippen molar-refractivity contribution in [1.29, 1.82) is 0 Å². The van der Waals surface area contributed by atoms with Crippen LogP contribution in [0.4, 0.5) is 0 Å². The number of thiophene rings is 1. The Morgan fingerprint density at radius 1 is 1.10 bits per heavy atom. The highest BCUT2D eigenvalue weighted by Gasteiger charge is 2.80. The highest BCUT2D eigenvalue weighted by Crippen LogP contribution is 2.68. The molecule has 2 fully saturated rings. The number of aliphatic hydroxyl groups excluding tert-OH is 3. The number of carbonyl (C=O) groups is 3. The average molecular weight is 558 g/mol. The van der Waals surface area contributed by atoms with Crippen LogP contribution >= 0.6 is 11.3 Å². The number of nitrogens with two attached hydrogens (primary N) is 1. The molecule has 10 atom stereocenters. The minimum absolute atomic E-state index is 0.0375. The Kier molecular flexibility index (Phi) is 6.22. The fraction of sp³-hybridized carbons (Fsp3) is 0.552. The van der Waals surface area contributed by atoms with Crippen LogP contribution in [0.25, 0.3) is 10.4 Å². The van der Waals surface area contributed by atoms with Crippen LogP contribution in [0.15, 0.2) is 29.6 Å². The van der Waals surface area contributed by atoms with Crippen LogP contribution < -0.4 is 5.73 Å². The molecule has 1 aromatic heterocycles. The van der Waals surface area contributed by atoms with Crippen molar-refractivity contribution in [3.8, 4) is 16.2 Å². The quantitative estimate of drug-likeness (QED) is 0.309. The molecule has 1 amide bonds. The number of amides is 1. The van der Waals surface area contributed by atoms with Gasteiger partial charge in [-0.2, -0.15) is 0 Å². The number of rotatable bonds is 3. The Morgan fingerprint density at radius 2 is 1.74 bits per heavy atom. The van der Waals surface area contributed by atoms with Gasteiger partial charge < -0.3 is 31.3 Å². The maximum Gasteiger partial charge on any atom is 0.230 e. The van der Waals surface area contributed by atoms with E-state index in [2.05, 4.69) is 0 Å². The number of carbonyl (C=O) groups excluding carboxylic acids is 3. The minimum atomic E-state index is -2.79. The number of primary amides is 1. The molecule has 9 nitrogen and oxygen atoms in total. The van der Waals surface area contributed by atoms with Crippen LogP contribution in [0.2, 0.25) is 0 Å². The zero-order chi connectivity index (χ0) is 29.0. The number of aromatic hydroxyl groups is 1. The predicted molar refractivity (Wildman–Crippen MR) is 143 cm³/mol. The Hall–Kier alpha value is -2.63. The number of Topliss-reactive ketones (excluding diaryl/α,β-unsaturated/α-hetero) is 2. The number of hydrogen-bond donors (Lipinski definition) is 6. The topological polar surface area (TPSA) is 178 Å². The van der Waals surface area contributed by atoms with E-state index in [1.54, 1.807) is 33.8 Å². The van der Waals surface area contributed by atoms with E-state index < -0.39 is 81.8 Å². The minimum Gasteiger partial charge on any atom is -0.507 e. The number of aliphatic hydroxyl groups is 4. The van der Waals surface area contributed by atoms with Gasteiger partial charge in [0.25, 0.3) is 0 Å². The van der Waals surface area contributed by atoms with E-state index >= 15 is 0 Å². The second kappa shape index (κ2) is 8.68. The summed E-state index contributed by atoms with van der Waals surface area (Å²) in [5.74, 6) is -8.97. The lowest BCUT2D eigenvalue weighted by molar-refractivity contribution is -0.306. The summed E-state index contributed by atoms with van der Waals surface area (Å²) in [4.78, 5) is 41.2. The number of fused-ring (bicyclic) bond motifs is 3. The van der Waals surface area contributed by atoms with Gasteiger partial charge in [-0.15, -0.1) is 11.3 Å². The summed E-state index contributed by atoms with van der Waals surface area (Å²) >= 11 is 1.45. The van der Waals surface area contributed by atoms with Crippen molar-refractivity contribution in [2.24, 2.45) is 40.2 Å². The summed E-state index contributed by atoms with van der Waals surface area (Å²) in [6.45, 7) is 8.30. The van der Waals surface area contributed by atoms with E-state index in [9.17, 15) is 39.9 Å². The highest BCUT2D eigenvalue weighted by atomic mass is 32.1. The van der Waals surface area contributed by atoms with Crippen LogP contribution in [-0.2, 0) is 9.59 Å². The van der Waals surface area contributed by atoms with Crippen molar-refractivity contribution >= 4 is 28.8 Å². The maximum atomic E-state index is 14.2. The van der Waals surface area contributed by atoms with Gasteiger partial charge in [0.1, 0.15) is 17.8 Å². The van der Waals surface area contributed by atoms with Gasteiger partial charge in [-0.3, -0.25) is 14.4 Å². The fourth-order valence-corrected chi connectivity index (χ4v) is 9.24. The van der Waals surface area contributed by atoms with E-state index in [-0.39, 0.29) is 11.3 Å². The lowest BCUT2D eigenvalue weighted by Crippen LogP contribution is -2.83. The van der Waals surface area contributed by atoms with E-state index in [0.29, 0.717) is 11.1 Å². The first-order valence-corrected chi connectivity index (χ1v) is 14.0. The van der Waals surface area contributed by atoms with Crippen LogP contribution in [0, 0.1) is 34.5 Å². The molecule has 2 saturated carbocycles. The summed E-state index contributed by atoms with van der Waals surface area (Å²) in [5, 5.41) is 60.5. The molecule has 3 aliphatic rings. The summed E-state index contributed by atoms with van der Waals surface area (Å²) in [6.07, 6.45) is -5.30. The lowest BCUT2D eigenvalue weighted by atomic mass is 9.36. The number of benzene rings is 1. The Balaban J connectivity index is 1.83. The van der Waals surface area contributed by atoms with Gasteiger partial charge >= 0.3 is 0 Å². The van der Waals surface area contributed by atoms with Gasteiger partial charge in [0, 0.05) is 15.7 Å². The predicted octanol–water partition coefficient (Wildman–Crippen LogP) is 1.83. The van der Waals surface area contributed by atoms with Gasteiger partial charge in [0.15, 0.2) is 17.2 Å². The van der Waals surface area contributed by atoms with E-state index in [4.69, 9.17) is 5.73 Å². The van der Waals surface area contributed by atoms with Gasteiger partial charge in [0.05, 0.1) is 23.7 Å². The Morgan fingerprint density at radius 3 is 2.28 bits per heavy atom. The molecule has 7 N–H and O–H groups in total. The molecular formula is C29H35NO8S. The molecule has 0 aliphatic heterocycles. The van der Waals surface area contributed by atoms with E-state index in [0.717, 1.165) is 4.88 Å². The van der Waals surface area contributed by atoms with Crippen molar-refractivity contribution < 1.29 is 39.9 Å². The molecule has 2 unspecified atom stereocenters. The van der Waals surface area contributed by atoms with Gasteiger partial charge in [-0.05, 0) is 52.5 Å². The molecule has 0 spiro atoms. The van der Waals surface area contributed by atoms with E-state index in [1.165, 1.54) is 24.3 Å². The first kappa shape index (κ1) is 27.9. The third kappa shape index (κ3) is 3.12. The Bertz CT molecular complexity index is 1370. The fourth-order valence-electron chi connectivity index (χ4n) is 8.47. The van der Waals surface area contributed by atoms with Gasteiger partial charge in [-0.1, -0.05) is 40.7 Å². The number of hydrogen-bond acceptors (Lipinski definition) is 9. The first-order chi connectivity index (χ1) is 18.1. The molecule has 0 saturated heterocycles. The average Bonchev–Trinajstić information content (AvgIpc) is 3.39. The van der Waals surface area contributed by atoms with E-state index in [1.807, 2.05) is 17.5 Å². The first-order valence-electron chi connectivity index (χ1n) is 13.1. The SMILES string of the molecule is CC(C)[C@H]1C(O)[C@@H](C(N)=O)C(=O)[C@]2(O)C(O)[C@H]3C(=O)c4c(O)ccc(-c5cccs5)c4[C@@H](C)[C@]3(C)[C@@H](O)[C@]12C. The molecule has 1 heterocycles. The number of phenolic OH excluding ortho intramolecular Hbond substituents is 1. The molecule has 1 aromatic carbocycles. The van der Waals surface area contributed by atoms with Crippen LogP contribution in [0.3, 0.4) is 0 Å². The third-order valence-electron chi connectivity index (χ3n) is 10.4. The summed E-state index contributed by atoms with van der Waals surface area (Å²) in [7, 11) is 0. The lowest BCUT2D eigenvalue weighted by Gasteiger charge is -2.69. The molecule has 0 bridgehead atoms. The van der Waals surface area contributed by atoms with Crippen LogP contribution in [0.5, 0.6) is 5.75 Å². The second-order valence-electron chi connectivity index (χ2n) is 12.2. The molecule has 0 radical (unpaired) electrons. The zero-order valence-corrected chi connectivity index (χ0v) is 23.3. The molecule has 210 valence electrons. The second-order valence-corrected chi connectivity index (χ2v) is 13.2. The third-order valence-corrected chi connectivity index (χ3v) is 11.3. The molecule has 10 heteroatoms. The standard InChI is InChI=1S/C29H35NO8S/c1-11(2)19-22(33)18(25(30)36)23(34)29(38)24(35)20-21(32)17-14(31)9-8-13(15-7-6-10-39-15)16(17)12(3)27(20,4)26(37)28(19,29)5/h6-12,18-20,22,24,26,31,33,35,37-38H,1-5H3,(H2,30,36)/t12-,18-,19+,20-,22?,24?,26-,27+,28+,29+/m1/s1. The highest BCUT2D eigenvalue weighted by molar-refractivity contribution is 7.13. The molecular weight excluding hydrogens is 522 g/mol. The van der Waals surface area contributed by atoms with Crippen molar-refractivity contribution in [3.05, 3.63) is 40.8 Å². The summed E-state index contributed by atoms with van der Waals surface area (Å²) < 4.78 is 0. The Labute approximate surface area is 230 Å². The van der Waals surface area contributed by atoms with Crippen LogP contribution in [-0.4, -0.2) is 66.9 Å². The number of ketones is 2. The van der Waals surface area contributed by atoms with Gasteiger partial charge in [-0.25, -0.2) is 0 Å². The maximum absolute atomic E-state index is 14.2. The molecule has 5 rings (SSSR count). The monoisotopic (exact) mass is 557 g/mol. The summed E-state index contributed by atoms with van der Waals surface area (Å²) in [5.41, 5.74) is 0.535. The molecule has 2 aromatic rings. The smallest absolute Gasteiger partial charge is 0.230 e. The van der Waals surface area contributed by atoms with Gasteiger partial charge in [0.2, 0.25) is 5.91 Å². The van der Waals surface area contributed by atoms with Crippen molar-refractivity contribution in [1.82, 2.24) is 0 Å².